The minimum absolute atomic E-state index is 0.115. The van der Waals surface area contributed by atoms with E-state index in [1.807, 2.05) is 31.9 Å². The van der Waals surface area contributed by atoms with Gasteiger partial charge in [-0.15, -0.1) is 11.8 Å². The molecular weight excluding hydrogens is 847 g/mol. The number of carbonyl (C=O) groups is 3. The number of H-pyrrole nitrogens is 1. The summed E-state index contributed by atoms with van der Waals surface area (Å²) in [5.74, 6) is -0.658. The molecule has 352 valence electrons. The molecule has 1 saturated carbocycles. The van der Waals surface area contributed by atoms with Crippen molar-refractivity contribution >= 4 is 46.3 Å². The van der Waals surface area contributed by atoms with E-state index in [0.717, 1.165) is 50.6 Å². The highest BCUT2D eigenvalue weighted by Gasteiger charge is 2.80. The number of piperidine rings is 1. The highest BCUT2D eigenvalue weighted by Crippen LogP contribution is 2.68. The van der Waals surface area contributed by atoms with Gasteiger partial charge in [0.2, 0.25) is 5.60 Å². The van der Waals surface area contributed by atoms with E-state index in [9.17, 15) is 19.8 Å². The highest BCUT2D eigenvalue weighted by molar-refractivity contribution is 7.99. The van der Waals surface area contributed by atoms with Crippen LogP contribution in [-0.2, 0) is 45.8 Å². The van der Waals surface area contributed by atoms with Crippen LogP contribution in [0.1, 0.15) is 75.3 Å². The van der Waals surface area contributed by atoms with E-state index in [1.165, 1.54) is 21.1 Å². The van der Waals surface area contributed by atoms with Crippen LogP contribution in [0.15, 0.2) is 47.4 Å². The summed E-state index contributed by atoms with van der Waals surface area (Å²) in [4.78, 5) is 57.1. The zero-order chi connectivity index (χ0) is 46.4. The van der Waals surface area contributed by atoms with Crippen LogP contribution in [0.5, 0.6) is 5.75 Å². The summed E-state index contributed by atoms with van der Waals surface area (Å²) in [6.07, 6.45) is 5.90. The van der Waals surface area contributed by atoms with Crippen LogP contribution in [0.25, 0.3) is 10.9 Å². The second kappa shape index (κ2) is 16.6. The molecule has 5 aliphatic heterocycles. The van der Waals surface area contributed by atoms with Gasteiger partial charge in [0.05, 0.1) is 33.0 Å². The van der Waals surface area contributed by atoms with Gasteiger partial charge in [-0.25, -0.2) is 4.79 Å². The van der Waals surface area contributed by atoms with E-state index in [4.69, 9.17) is 18.9 Å². The number of rotatable bonds is 11. The van der Waals surface area contributed by atoms with Crippen molar-refractivity contribution in [3.05, 3.63) is 64.9 Å². The molecule has 9 rings (SSSR count). The Hall–Kier alpha value is -4.12. The number of fused-ring (bicyclic) bond motifs is 6. The van der Waals surface area contributed by atoms with E-state index in [-0.39, 0.29) is 12.0 Å². The molecular formula is C50H67N5O9S. The van der Waals surface area contributed by atoms with Gasteiger partial charge in [0.15, 0.2) is 6.10 Å². The van der Waals surface area contributed by atoms with Crippen molar-refractivity contribution < 1.29 is 43.5 Å². The van der Waals surface area contributed by atoms with E-state index >= 15 is 4.79 Å². The summed E-state index contributed by atoms with van der Waals surface area (Å²) in [7, 11) is 10.3. The van der Waals surface area contributed by atoms with Gasteiger partial charge in [-0.2, -0.15) is 0 Å². The second-order valence-electron chi connectivity index (χ2n) is 20.0. The Bertz CT molecular complexity index is 2420. The van der Waals surface area contributed by atoms with Crippen LogP contribution in [0, 0.1) is 11.3 Å². The number of benzene rings is 2. The van der Waals surface area contributed by atoms with Gasteiger partial charge in [0.25, 0.3) is 0 Å². The molecule has 15 heteroatoms. The third kappa shape index (κ3) is 6.63. The summed E-state index contributed by atoms with van der Waals surface area (Å²) in [5.41, 5.74) is -1.69. The maximum atomic E-state index is 15.6. The van der Waals surface area contributed by atoms with Crippen LogP contribution in [0.3, 0.4) is 0 Å². The molecule has 3 fully saturated rings. The van der Waals surface area contributed by atoms with Gasteiger partial charge in [0, 0.05) is 108 Å². The predicted octanol–water partition coefficient (Wildman–Crippen LogP) is 4.64. The minimum atomic E-state index is -2.31. The minimum Gasteiger partial charge on any atom is -0.496 e. The van der Waals surface area contributed by atoms with E-state index in [2.05, 4.69) is 70.2 Å². The molecule has 6 heterocycles. The number of likely N-dealkylation sites (N-methyl/N-ethyl adjacent to an activating group) is 1. The summed E-state index contributed by atoms with van der Waals surface area (Å²) in [6, 6.07) is 9.33. The molecule has 1 aliphatic carbocycles. The van der Waals surface area contributed by atoms with E-state index in [0.29, 0.717) is 82.6 Å². The van der Waals surface area contributed by atoms with Gasteiger partial charge in [-0.1, -0.05) is 26.0 Å². The first kappa shape index (κ1) is 46.0. The lowest BCUT2D eigenvalue weighted by Crippen LogP contribution is -2.81. The Balaban J connectivity index is 1.34. The van der Waals surface area contributed by atoms with Crippen molar-refractivity contribution in [1.29, 1.82) is 0 Å². The van der Waals surface area contributed by atoms with Crippen LogP contribution in [0.2, 0.25) is 0 Å². The van der Waals surface area contributed by atoms with Crippen LogP contribution in [0.4, 0.5) is 5.69 Å². The Labute approximate surface area is 386 Å². The lowest BCUT2D eigenvalue weighted by molar-refractivity contribution is -0.228. The van der Waals surface area contributed by atoms with Gasteiger partial charge in [-0.05, 0) is 100 Å². The highest BCUT2D eigenvalue weighted by atomic mass is 32.2. The number of nitrogens with one attached hydrogen (secondary N) is 1. The average molecular weight is 914 g/mol. The Morgan fingerprint density at radius 1 is 0.969 bits per heavy atom. The number of thioether (sulfide) groups is 1. The molecule has 10 atom stereocenters. The maximum Gasteiger partial charge on any atom is 0.344 e. The Morgan fingerprint density at radius 3 is 2.42 bits per heavy atom. The number of aromatic nitrogens is 1. The first-order valence-corrected chi connectivity index (χ1v) is 24.3. The Morgan fingerprint density at radius 2 is 1.74 bits per heavy atom. The fourth-order valence-corrected chi connectivity index (χ4v) is 15.0. The molecule has 6 aliphatic rings. The van der Waals surface area contributed by atoms with Crippen molar-refractivity contribution in [2.45, 2.75) is 104 Å². The normalized spacial score (nSPS) is 34.8. The topological polar surface area (TPSA) is 157 Å². The number of methoxy groups -OCH3 is 3. The molecule has 2 bridgehead atoms. The molecule has 2 saturated heterocycles. The molecule has 2 aromatic carbocycles. The zero-order valence-electron chi connectivity index (χ0n) is 39.5. The molecule has 2 unspecified atom stereocenters. The first-order chi connectivity index (χ1) is 31.0. The third-order valence-corrected chi connectivity index (χ3v) is 17.4. The lowest BCUT2D eigenvalue weighted by atomic mass is 9.47. The number of nitrogens with zero attached hydrogens (tertiary/aromatic N) is 4. The quantitative estimate of drug-likeness (QED) is 0.106. The zero-order valence-corrected chi connectivity index (χ0v) is 40.3. The molecule has 65 heavy (non-hydrogen) atoms. The average Bonchev–Trinajstić information content (AvgIpc) is 3.95. The number of aromatic amines is 1. The summed E-state index contributed by atoms with van der Waals surface area (Å²) >= 11 is 1.80. The van der Waals surface area contributed by atoms with Crippen molar-refractivity contribution in [3.8, 4) is 5.75 Å². The Kier molecular flexibility index (Phi) is 11.7. The SMILES string of the molecule is CC[C@]1(O)C[C@H]2CN(CCc3c([nH]c4ccc(SCCN(C)C)cc34)[C@@](C(=O)OC)(c3cc4c(cc3OC)N(C)C3[C@]45CCN4CC=C[C@@](CC)([C@@H](OC(C)=O)[C@]3(O)C(=O)OC)[C@H]45)C2)C1. The fraction of sp³-hybridized carbons (Fsp3) is 0.620. The smallest absolute Gasteiger partial charge is 0.344 e. The number of hydrogen-bond donors (Lipinski definition) is 3. The number of ether oxygens (including phenoxy) is 4. The van der Waals surface area contributed by atoms with Gasteiger partial charge in [-0.3, -0.25) is 19.4 Å². The van der Waals surface area contributed by atoms with Crippen LogP contribution < -0.4 is 9.64 Å². The van der Waals surface area contributed by atoms with Crippen LogP contribution >= 0.6 is 11.8 Å². The van der Waals surface area contributed by atoms with E-state index < -0.39 is 57.5 Å². The molecule has 14 nitrogen and oxygen atoms in total. The largest absolute Gasteiger partial charge is 0.496 e. The number of anilines is 1. The van der Waals surface area contributed by atoms with Crippen molar-refractivity contribution in [2.75, 3.05) is 92.4 Å². The maximum absolute atomic E-state index is 15.6. The van der Waals surface area contributed by atoms with Gasteiger partial charge in [0.1, 0.15) is 11.2 Å². The monoisotopic (exact) mass is 913 g/mol. The molecule has 0 radical (unpaired) electrons. The summed E-state index contributed by atoms with van der Waals surface area (Å²) in [6.45, 7) is 9.54. The van der Waals surface area contributed by atoms with Gasteiger partial charge < -0.3 is 43.9 Å². The molecule has 3 aromatic rings. The van der Waals surface area contributed by atoms with Crippen LogP contribution in [-0.4, -0.2) is 165 Å². The number of aliphatic hydroxyl groups is 2. The molecule has 3 N–H and O–H groups in total. The lowest BCUT2D eigenvalue weighted by Gasteiger charge is -2.63. The molecule has 1 spiro atoms. The molecule has 1 aromatic heterocycles. The summed E-state index contributed by atoms with van der Waals surface area (Å²) in [5, 5.41) is 26.6. The van der Waals surface area contributed by atoms with Crippen molar-refractivity contribution in [2.24, 2.45) is 11.3 Å². The van der Waals surface area contributed by atoms with Crippen molar-refractivity contribution in [3.63, 3.8) is 0 Å². The number of esters is 3. The summed E-state index contributed by atoms with van der Waals surface area (Å²) < 4.78 is 24.2. The predicted molar refractivity (Wildman–Crippen MR) is 250 cm³/mol. The second-order valence-corrected chi connectivity index (χ2v) is 21.2. The number of hydrogen-bond acceptors (Lipinski definition) is 14. The van der Waals surface area contributed by atoms with Crippen molar-refractivity contribution in [1.82, 2.24) is 19.7 Å². The van der Waals surface area contributed by atoms with Gasteiger partial charge >= 0.3 is 17.9 Å². The first-order valence-electron chi connectivity index (χ1n) is 23.3. The third-order valence-electron chi connectivity index (χ3n) is 16.5. The standard InChI is InChI=1S/C50H67N5O9S/c1-10-46(59)26-31-27-49(44(57)62-8,40-33(15-19-54(28-31)29-46)34-23-32(13-14-37(34)51-40)65-22-21-52(4)5)36-24-35-38(25-39(36)61-7)53(6)42-48(35)17-20-55-18-12-16-47(11-2,41(48)55)43(64-30(3)56)50(42,60)45(58)63-9/h12-14,16,23-25,31,41-43,51,59-60H,10-11,15,17-22,26-29H2,1-9H3/t31-,41+,42?,43-,46+,47-,48-,49+,50+/m1/s1. The molecule has 0 amide bonds. The fourth-order valence-electron chi connectivity index (χ4n) is 14.0. The number of carbonyl (C=O) groups excluding carboxylic acids is 3. The van der Waals surface area contributed by atoms with E-state index in [1.54, 1.807) is 18.9 Å².